The Morgan fingerprint density at radius 3 is 2.50 bits per heavy atom. The van der Waals surface area contributed by atoms with Crippen molar-refractivity contribution in [3.05, 3.63) is 0 Å². The topological polar surface area (TPSA) is 44.1 Å². The second kappa shape index (κ2) is 4.00. The van der Waals surface area contributed by atoms with E-state index in [-0.39, 0.29) is 11.9 Å². The molecule has 0 aromatic heterocycles. The van der Waals surface area contributed by atoms with Crippen LogP contribution in [0.4, 0.5) is 0 Å². The number of nitrogens with zero attached hydrogens (tertiary/aromatic N) is 2. The zero-order chi connectivity index (χ0) is 10.8. The van der Waals surface area contributed by atoms with E-state index in [1.54, 1.807) is 11.9 Å². The van der Waals surface area contributed by atoms with E-state index in [2.05, 4.69) is 6.07 Å². The Labute approximate surface area is 85.7 Å². The highest BCUT2D eigenvalue weighted by Gasteiger charge is 2.46. The van der Waals surface area contributed by atoms with E-state index in [9.17, 15) is 4.79 Å². The molecule has 1 unspecified atom stereocenters. The molecule has 0 aromatic carbocycles. The molecule has 0 aliphatic heterocycles. The molecule has 1 aliphatic rings. The summed E-state index contributed by atoms with van der Waals surface area (Å²) in [4.78, 5) is 13.7. The number of hydrogen-bond donors (Lipinski definition) is 0. The fourth-order valence-corrected chi connectivity index (χ4v) is 1.72. The maximum atomic E-state index is 12.0. The lowest BCUT2D eigenvalue weighted by Crippen LogP contribution is -2.48. The van der Waals surface area contributed by atoms with Crippen LogP contribution >= 0.6 is 0 Å². The minimum absolute atomic E-state index is 0.0144. The molecule has 0 heterocycles. The normalized spacial score (nSPS) is 20.4. The summed E-state index contributed by atoms with van der Waals surface area (Å²) in [5.74, 6) is 0.0144. The van der Waals surface area contributed by atoms with Crippen LogP contribution in [-0.4, -0.2) is 23.9 Å². The van der Waals surface area contributed by atoms with E-state index in [1.807, 2.05) is 13.8 Å². The summed E-state index contributed by atoms with van der Waals surface area (Å²) in [5, 5.41) is 9.01. The third kappa shape index (κ3) is 1.61. The summed E-state index contributed by atoms with van der Waals surface area (Å²) in [6, 6.07) is 2.41. The first-order chi connectivity index (χ1) is 6.57. The largest absolute Gasteiger partial charge is 0.342 e. The Morgan fingerprint density at radius 1 is 1.64 bits per heavy atom. The summed E-state index contributed by atoms with van der Waals surface area (Å²) in [5.41, 5.74) is -0.682. The van der Waals surface area contributed by atoms with Gasteiger partial charge in [0.25, 0.3) is 0 Å². The summed E-state index contributed by atoms with van der Waals surface area (Å²) < 4.78 is 0. The number of hydrogen-bond acceptors (Lipinski definition) is 2. The first-order valence-electron chi connectivity index (χ1n) is 5.26. The molecule has 1 aliphatic carbocycles. The van der Waals surface area contributed by atoms with Gasteiger partial charge in [-0.2, -0.15) is 5.26 Å². The van der Waals surface area contributed by atoms with Crippen molar-refractivity contribution >= 4 is 5.91 Å². The van der Waals surface area contributed by atoms with Gasteiger partial charge in [-0.1, -0.05) is 6.92 Å². The molecule has 1 saturated carbocycles. The van der Waals surface area contributed by atoms with Crippen LogP contribution in [-0.2, 0) is 4.79 Å². The van der Waals surface area contributed by atoms with E-state index in [0.29, 0.717) is 0 Å². The van der Waals surface area contributed by atoms with Gasteiger partial charge < -0.3 is 4.90 Å². The highest BCUT2D eigenvalue weighted by Crippen LogP contribution is 2.41. The maximum Gasteiger partial charge on any atom is 0.243 e. The van der Waals surface area contributed by atoms with Crippen molar-refractivity contribution < 1.29 is 4.79 Å². The van der Waals surface area contributed by atoms with Crippen LogP contribution in [0.25, 0.3) is 0 Å². The SMILES string of the molecule is CCC(C)N(C)C(=O)C1(C#N)CCC1. The lowest BCUT2D eigenvalue weighted by Gasteiger charge is -2.38. The molecule has 78 valence electrons. The number of nitriles is 1. The van der Waals surface area contributed by atoms with Gasteiger partial charge in [-0.25, -0.2) is 0 Å². The molecule has 0 aromatic rings. The lowest BCUT2D eigenvalue weighted by atomic mass is 9.69. The van der Waals surface area contributed by atoms with Crippen molar-refractivity contribution in [3.8, 4) is 6.07 Å². The van der Waals surface area contributed by atoms with Gasteiger partial charge in [0.1, 0.15) is 5.41 Å². The Hall–Kier alpha value is -1.04. The van der Waals surface area contributed by atoms with Crippen molar-refractivity contribution in [2.45, 2.75) is 45.6 Å². The predicted molar refractivity (Wildman–Crippen MR) is 54.4 cm³/mol. The molecule has 3 nitrogen and oxygen atoms in total. The third-order valence-electron chi connectivity index (χ3n) is 3.40. The molecule has 0 spiro atoms. The van der Waals surface area contributed by atoms with Gasteiger partial charge in [-0.05, 0) is 32.6 Å². The molecule has 3 heteroatoms. The van der Waals surface area contributed by atoms with Gasteiger partial charge in [0.15, 0.2) is 0 Å². The number of rotatable bonds is 3. The third-order valence-corrected chi connectivity index (χ3v) is 3.40. The lowest BCUT2D eigenvalue weighted by molar-refractivity contribution is -0.143. The standard InChI is InChI=1S/C11H18N2O/c1-4-9(2)13(3)10(14)11(8-12)6-5-7-11/h9H,4-7H2,1-3H3. The average molecular weight is 194 g/mol. The Kier molecular flexibility index (Phi) is 3.15. The van der Waals surface area contributed by atoms with Gasteiger partial charge in [0.05, 0.1) is 6.07 Å². The van der Waals surface area contributed by atoms with Gasteiger partial charge in [0, 0.05) is 13.1 Å². The van der Waals surface area contributed by atoms with Crippen LogP contribution in [0.1, 0.15) is 39.5 Å². The molecule has 0 radical (unpaired) electrons. The van der Waals surface area contributed by atoms with Crippen molar-refractivity contribution in [1.29, 1.82) is 5.26 Å². The fourth-order valence-electron chi connectivity index (χ4n) is 1.72. The smallest absolute Gasteiger partial charge is 0.243 e. The second-order valence-corrected chi connectivity index (χ2v) is 4.22. The summed E-state index contributed by atoms with van der Waals surface area (Å²) in [6.45, 7) is 4.07. The highest BCUT2D eigenvalue weighted by molar-refractivity contribution is 5.86. The van der Waals surface area contributed by atoms with Crippen LogP contribution in [0, 0.1) is 16.7 Å². The first kappa shape index (κ1) is 11.0. The van der Waals surface area contributed by atoms with E-state index < -0.39 is 5.41 Å². The van der Waals surface area contributed by atoms with Gasteiger partial charge in [-0.3, -0.25) is 4.79 Å². The van der Waals surface area contributed by atoms with Crippen LogP contribution in [0.5, 0.6) is 0 Å². The molecule has 0 N–H and O–H groups in total. The molecular weight excluding hydrogens is 176 g/mol. The summed E-state index contributed by atoms with van der Waals surface area (Å²) in [7, 11) is 1.80. The molecule has 14 heavy (non-hydrogen) atoms. The minimum Gasteiger partial charge on any atom is -0.342 e. The van der Waals surface area contributed by atoms with Crippen molar-refractivity contribution in [2.24, 2.45) is 5.41 Å². The first-order valence-corrected chi connectivity index (χ1v) is 5.26. The molecule has 1 atom stereocenters. The molecule has 1 rings (SSSR count). The van der Waals surface area contributed by atoms with E-state index in [1.165, 1.54) is 0 Å². The van der Waals surface area contributed by atoms with Crippen LogP contribution in [0.15, 0.2) is 0 Å². The van der Waals surface area contributed by atoms with E-state index in [0.717, 1.165) is 25.7 Å². The maximum absolute atomic E-state index is 12.0. The number of carbonyl (C=O) groups excluding carboxylic acids is 1. The van der Waals surface area contributed by atoms with Crippen molar-refractivity contribution in [1.82, 2.24) is 4.90 Å². The van der Waals surface area contributed by atoms with Crippen LogP contribution in [0.2, 0.25) is 0 Å². The zero-order valence-electron chi connectivity index (χ0n) is 9.21. The Morgan fingerprint density at radius 2 is 2.21 bits per heavy atom. The van der Waals surface area contributed by atoms with Gasteiger partial charge >= 0.3 is 0 Å². The van der Waals surface area contributed by atoms with Crippen molar-refractivity contribution in [2.75, 3.05) is 7.05 Å². The summed E-state index contributed by atoms with van der Waals surface area (Å²) in [6.07, 6.45) is 3.42. The fraction of sp³-hybridized carbons (Fsp3) is 0.818. The average Bonchev–Trinajstić information content (AvgIpc) is 2.14. The van der Waals surface area contributed by atoms with Gasteiger partial charge in [0.2, 0.25) is 5.91 Å². The molecule has 1 amide bonds. The predicted octanol–water partition coefficient (Wildman–Crippen LogP) is 1.94. The zero-order valence-corrected chi connectivity index (χ0v) is 9.21. The molecule has 0 bridgehead atoms. The number of amides is 1. The monoisotopic (exact) mass is 194 g/mol. The molecule has 0 saturated heterocycles. The van der Waals surface area contributed by atoms with Crippen LogP contribution < -0.4 is 0 Å². The molecular formula is C11H18N2O. The van der Waals surface area contributed by atoms with Gasteiger partial charge in [-0.15, -0.1) is 0 Å². The Bertz CT molecular complexity index is 263. The Balaban J connectivity index is 2.69. The highest BCUT2D eigenvalue weighted by atomic mass is 16.2. The van der Waals surface area contributed by atoms with Crippen LogP contribution in [0.3, 0.4) is 0 Å². The molecule has 1 fully saturated rings. The minimum atomic E-state index is -0.682. The second-order valence-electron chi connectivity index (χ2n) is 4.22. The van der Waals surface area contributed by atoms with Crippen molar-refractivity contribution in [3.63, 3.8) is 0 Å². The number of carbonyl (C=O) groups is 1. The van der Waals surface area contributed by atoms with E-state index in [4.69, 9.17) is 5.26 Å². The summed E-state index contributed by atoms with van der Waals surface area (Å²) >= 11 is 0. The quantitative estimate of drug-likeness (QED) is 0.689. The van der Waals surface area contributed by atoms with E-state index >= 15 is 0 Å².